The Balaban J connectivity index is 1.66. The Morgan fingerprint density at radius 2 is 1.67 bits per heavy atom. The Labute approximate surface area is 142 Å². The molecule has 3 aromatic rings. The van der Waals surface area contributed by atoms with E-state index in [9.17, 15) is 4.79 Å². The highest BCUT2D eigenvalue weighted by Gasteiger charge is 2.28. The molecule has 0 radical (unpaired) electrons. The van der Waals surface area contributed by atoms with E-state index in [1.165, 1.54) is 5.56 Å². The smallest absolute Gasteiger partial charge is 0.258 e. The highest BCUT2D eigenvalue weighted by molar-refractivity contribution is 6.07. The van der Waals surface area contributed by atoms with Crippen molar-refractivity contribution in [1.29, 1.82) is 0 Å². The van der Waals surface area contributed by atoms with Gasteiger partial charge in [-0.05, 0) is 67.8 Å². The van der Waals surface area contributed by atoms with Crippen LogP contribution in [0.2, 0.25) is 0 Å². The number of anilines is 1. The van der Waals surface area contributed by atoms with Crippen molar-refractivity contribution < 1.29 is 4.79 Å². The zero-order valence-corrected chi connectivity index (χ0v) is 13.7. The summed E-state index contributed by atoms with van der Waals surface area (Å²) in [5.74, 6) is 0.0775. The standard InChI is InChI=1S/C21H20N2O/c1-16-8-9-17-6-2-3-7-20(17)23(16)21(24)18-10-12-19(13-11-18)22-14-4-5-15-22/h2-7,10-16H,8-9H2,1H3/t16-/m1/s1. The first-order chi connectivity index (χ1) is 11.7. The van der Waals surface area contributed by atoms with Crippen molar-refractivity contribution in [3.63, 3.8) is 0 Å². The molecular weight excluding hydrogens is 296 g/mol. The van der Waals surface area contributed by atoms with Crippen LogP contribution < -0.4 is 4.90 Å². The number of benzene rings is 2. The van der Waals surface area contributed by atoms with E-state index in [-0.39, 0.29) is 11.9 Å². The number of carbonyl (C=O) groups is 1. The molecule has 24 heavy (non-hydrogen) atoms. The van der Waals surface area contributed by atoms with Crippen LogP contribution in [0.4, 0.5) is 5.69 Å². The molecule has 3 heteroatoms. The van der Waals surface area contributed by atoms with Gasteiger partial charge in [0.1, 0.15) is 0 Å². The summed E-state index contributed by atoms with van der Waals surface area (Å²) < 4.78 is 2.03. The first kappa shape index (κ1) is 14.8. The number of carbonyl (C=O) groups excluding carboxylic acids is 1. The van der Waals surface area contributed by atoms with Crippen molar-refractivity contribution in [2.45, 2.75) is 25.8 Å². The number of amides is 1. The van der Waals surface area contributed by atoms with E-state index in [1.807, 2.05) is 70.4 Å². The molecule has 1 aliphatic heterocycles. The number of aromatic nitrogens is 1. The number of para-hydroxylation sites is 1. The first-order valence-corrected chi connectivity index (χ1v) is 8.39. The largest absolute Gasteiger partial charge is 0.324 e. The second kappa shape index (κ2) is 6.00. The van der Waals surface area contributed by atoms with Gasteiger partial charge in [-0.25, -0.2) is 0 Å². The zero-order chi connectivity index (χ0) is 16.5. The SMILES string of the molecule is C[C@@H]1CCc2ccccc2N1C(=O)c1ccc(-n2cccc2)cc1. The van der Waals surface area contributed by atoms with Crippen LogP contribution in [0.25, 0.3) is 5.69 Å². The minimum Gasteiger partial charge on any atom is -0.324 e. The van der Waals surface area contributed by atoms with Gasteiger partial charge in [-0.1, -0.05) is 18.2 Å². The molecule has 0 N–H and O–H groups in total. The highest BCUT2D eigenvalue weighted by Crippen LogP contribution is 2.31. The number of fused-ring (bicyclic) bond motifs is 1. The maximum Gasteiger partial charge on any atom is 0.258 e. The van der Waals surface area contributed by atoms with Crippen LogP contribution >= 0.6 is 0 Å². The molecule has 2 aromatic carbocycles. The molecular formula is C21H20N2O. The van der Waals surface area contributed by atoms with E-state index < -0.39 is 0 Å². The van der Waals surface area contributed by atoms with E-state index in [4.69, 9.17) is 0 Å². The summed E-state index contributed by atoms with van der Waals surface area (Å²) >= 11 is 0. The summed E-state index contributed by atoms with van der Waals surface area (Å²) in [4.78, 5) is 15.0. The second-order valence-electron chi connectivity index (χ2n) is 6.33. The molecule has 0 spiro atoms. The fourth-order valence-electron chi connectivity index (χ4n) is 3.42. The van der Waals surface area contributed by atoms with Crippen LogP contribution in [0.15, 0.2) is 73.1 Å². The number of aryl methyl sites for hydroxylation is 1. The van der Waals surface area contributed by atoms with Gasteiger partial charge in [0.2, 0.25) is 0 Å². The molecule has 0 fully saturated rings. The van der Waals surface area contributed by atoms with Crippen molar-refractivity contribution >= 4 is 11.6 Å². The minimum atomic E-state index is 0.0775. The van der Waals surface area contributed by atoms with Crippen LogP contribution in [0.1, 0.15) is 29.3 Å². The van der Waals surface area contributed by atoms with Gasteiger partial charge in [-0.3, -0.25) is 4.79 Å². The van der Waals surface area contributed by atoms with Gasteiger partial charge in [-0.15, -0.1) is 0 Å². The van der Waals surface area contributed by atoms with Gasteiger partial charge in [-0.2, -0.15) is 0 Å². The molecule has 1 atom stereocenters. The topological polar surface area (TPSA) is 25.2 Å². The Bertz CT molecular complexity index is 850. The lowest BCUT2D eigenvalue weighted by Gasteiger charge is -2.35. The average Bonchev–Trinajstić information content (AvgIpc) is 3.16. The van der Waals surface area contributed by atoms with Crippen LogP contribution in [0.3, 0.4) is 0 Å². The third-order valence-corrected chi connectivity index (χ3v) is 4.76. The number of hydrogen-bond donors (Lipinski definition) is 0. The summed E-state index contributed by atoms with van der Waals surface area (Å²) in [5.41, 5.74) is 4.10. The molecule has 0 aliphatic carbocycles. The van der Waals surface area contributed by atoms with Crippen LogP contribution in [0.5, 0.6) is 0 Å². The van der Waals surface area contributed by atoms with Crippen molar-refractivity contribution in [3.05, 3.63) is 84.2 Å². The summed E-state index contributed by atoms with van der Waals surface area (Å²) in [6, 6.07) is 20.3. The summed E-state index contributed by atoms with van der Waals surface area (Å²) in [7, 11) is 0. The molecule has 4 rings (SSSR count). The monoisotopic (exact) mass is 316 g/mol. The maximum absolute atomic E-state index is 13.1. The fourth-order valence-corrected chi connectivity index (χ4v) is 3.42. The Morgan fingerprint density at radius 3 is 2.42 bits per heavy atom. The lowest BCUT2D eigenvalue weighted by molar-refractivity contribution is 0.0975. The Morgan fingerprint density at radius 1 is 0.958 bits per heavy atom. The number of hydrogen-bond acceptors (Lipinski definition) is 1. The van der Waals surface area contributed by atoms with Gasteiger partial charge in [0, 0.05) is 35.4 Å². The summed E-state index contributed by atoms with van der Waals surface area (Å²) in [6.45, 7) is 2.13. The van der Waals surface area contributed by atoms with Gasteiger partial charge in [0.25, 0.3) is 5.91 Å². The van der Waals surface area contributed by atoms with E-state index >= 15 is 0 Å². The molecule has 2 heterocycles. The third-order valence-electron chi connectivity index (χ3n) is 4.76. The van der Waals surface area contributed by atoms with E-state index in [1.54, 1.807) is 0 Å². The Kier molecular flexibility index (Phi) is 3.69. The van der Waals surface area contributed by atoms with Gasteiger partial charge < -0.3 is 9.47 Å². The summed E-state index contributed by atoms with van der Waals surface area (Å²) in [5, 5.41) is 0. The average molecular weight is 316 g/mol. The maximum atomic E-state index is 13.1. The van der Waals surface area contributed by atoms with Gasteiger partial charge in [0.15, 0.2) is 0 Å². The van der Waals surface area contributed by atoms with Crippen molar-refractivity contribution in [2.75, 3.05) is 4.90 Å². The van der Waals surface area contributed by atoms with Crippen LogP contribution in [-0.4, -0.2) is 16.5 Å². The van der Waals surface area contributed by atoms with Crippen LogP contribution in [-0.2, 0) is 6.42 Å². The quantitative estimate of drug-likeness (QED) is 0.685. The third kappa shape index (κ3) is 2.52. The predicted octanol–water partition coefficient (Wildman–Crippen LogP) is 4.46. The van der Waals surface area contributed by atoms with E-state index in [2.05, 4.69) is 19.1 Å². The van der Waals surface area contributed by atoms with Crippen molar-refractivity contribution in [1.82, 2.24) is 4.57 Å². The normalized spacial score (nSPS) is 16.7. The number of nitrogens with zero attached hydrogens (tertiary/aromatic N) is 2. The second-order valence-corrected chi connectivity index (χ2v) is 6.33. The zero-order valence-electron chi connectivity index (χ0n) is 13.7. The van der Waals surface area contributed by atoms with Crippen LogP contribution in [0, 0.1) is 0 Å². The fraction of sp³-hybridized carbons (Fsp3) is 0.190. The lowest BCUT2D eigenvalue weighted by Crippen LogP contribution is -2.42. The molecule has 0 bridgehead atoms. The molecule has 1 aromatic heterocycles. The van der Waals surface area contributed by atoms with E-state index in [0.717, 1.165) is 29.8 Å². The summed E-state index contributed by atoms with van der Waals surface area (Å²) in [6.07, 6.45) is 6.04. The molecule has 0 unspecified atom stereocenters. The minimum absolute atomic E-state index is 0.0775. The van der Waals surface area contributed by atoms with E-state index in [0.29, 0.717) is 0 Å². The van der Waals surface area contributed by atoms with Crippen molar-refractivity contribution in [2.24, 2.45) is 0 Å². The Hall–Kier alpha value is -2.81. The molecule has 3 nitrogen and oxygen atoms in total. The molecule has 120 valence electrons. The van der Waals surface area contributed by atoms with Gasteiger partial charge in [0.05, 0.1) is 0 Å². The molecule has 0 saturated carbocycles. The first-order valence-electron chi connectivity index (χ1n) is 8.39. The molecule has 1 amide bonds. The molecule has 1 aliphatic rings. The predicted molar refractivity (Wildman–Crippen MR) is 96.8 cm³/mol. The lowest BCUT2D eigenvalue weighted by atomic mass is 9.95. The van der Waals surface area contributed by atoms with Crippen molar-refractivity contribution in [3.8, 4) is 5.69 Å². The molecule has 0 saturated heterocycles. The highest BCUT2D eigenvalue weighted by atomic mass is 16.2. The number of rotatable bonds is 2. The van der Waals surface area contributed by atoms with Gasteiger partial charge >= 0.3 is 0 Å².